The number of hydrogen-bond donors (Lipinski definition) is 6. The van der Waals surface area contributed by atoms with Crippen LogP contribution >= 0.6 is 0 Å². The summed E-state index contributed by atoms with van der Waals surface area (Å²) < 4.78 is 0. The smallest absolute Gasteiger partial charge is 0.317 e. The minimum atomic E-state index is -1.70. The molecule has 8 heteroatoms. The van der Waals surface area contributed by atoms with Crippen LogP contribution in [0.3, 0.4) is 0 Å². The Hall–Kier alpha value is -0.770. The average Bonchev–Trinajstić information content (AvgIpc) is 2.35. The Morgan fingerprint density at radius 3 is 2.05 bits per heavy atom. The fourth-order valence-electron chi connectivity index (χ4n) is 1.68. The molecule has 0 aromatic rings. The predicted octanol–water partition coefficient (Wildman–Crippen LogP) is -2.78. The van der Waals surface area contributed by atoms with E-state index in [1.165, 1.54) is 4.90 Å². The van der Waals surface area contributed by atoms with Crippen LogP contribution in [0.2, 0.25) is 0 Å². The number of aliphatic hydroxyl groups is 5. The Morgan fingerprint density at radius 2 is 1.63 bits per heavy atom. The molecule has 0 heterocycles. The number of carboxylic acid groups (broad SMARTS) is 1. The third-order valence-corrected chi connectivity index (χ3v) is 2.67. The minimum absolute atomic E-state index is 0.156. The highest BCUT2D eigenvalue weighted by molar-refractivity contribution is 5.69. The van der Waals surface area contributed by atoms with Gasteiger partial charge in [0.2, 0.25) is 0 Å². The molecule has 0 amide bonds. The van der Waals surface area contributed by atoms with Crippen LogP contribution in [0.15, 0.2) is 0 Å². The first-order valence-corrected chi connectivity index (χ1v) is 6.10. The van der Waals surface area contributed by atoms with Crippen LogP contribution in [0, 0.1) is 0 Å². The second kappa shape index (κ2) is 9.18. The van der Waals surface area contributed by atoms with Crippen molar-refractivity contribution in [1.82, 2.24) is 4.90 Å². The van der Waals surface area contributed by atoms with Crippen LogP contribution in [0.5, 0.6) is 0 Å². The van der Waals surface area contributed by atoms with Gasteiger partial charge in [-0.1, -0.05) is 6.92 Å². The van der Waals surface area contributed by atoms with E-state index in [2.05, 4.69) is 0 Å². The van der Waals surface area contributed by atoms with Crippen molar-refractivity contribution in [3.63, 3.8) is 0 Å². The molecule has 0 saturated heterocycles. The first-order valence-electron chi connectivity index (χ1n) is 6.10. The summed E-state index contributed by atoms with van der Waals surface area (Å²) in [7, 11) is 0. The molecule has 0 fully saturated rings. The van der Waals surface area contributed by atoms with E-state index < -0.39 is 37.0 Å². The van der Waals surface area contributed by atoms with E-state index in [4.69, 9.17) is 15.3 Å². The summed E-state index contributed by atoms with van der Waals surface area (Å²) >= 11 is 0. The highest BCUT2D eigenvalue weighted by atomic mass is 16.4. The van der Waals surface area contributed by atoms with Gasteiger partial charge in [0.25, 0.3) is 0 Å². The molecule has 0 spiro atoms. The first kappa shape index (κ1) is 18.2. The van der Waals surface area contributed by atoms with Crippen LogP contribution in [0.4, 0.5) is 0 Å². The Bertz CT molecular complexity index is 263. The highest BCUT2D eigenvalue weighted by Gasteiger charge is 2.31. The molecular weight excluding hydrogens is 258 g/mol. The molecule has 114 valence electrons. The van der Waals surface area contributed by atoms with Gasteiger partial charge in [-0.05, 0) is 13.0 Å². The van der Waals surface area contributed by atoms with Gasteiger partial charge in [-0.3, -0.25) is 9.69 Å². The molecule has 0 radical (unpaired) electrons. The third kappa shape index (κ3) is 6.81. The van der Waals surface area contributed by atoms with Gasteiger partial charge in [0.05, 0.1) is 19.3 Å². The number of carboxylic acids is 1. The molecule has 0 unspecified atom stereocenters. The Kier molecular flexibility index (Phi) is 8.81. The lowest BCUT2D eigenvalue weighted by molar-refractivity contribution is -0.140. The van der Waals surface area contributed by atoms with Crippen molar-refractivity contribution >= 4 is 5.97 Å². The van der Waals surface area contributed by atoms with Crippen LogP contribution in [-0.4, -0.2) is 92.2 Å². The van der Waals surface area contributed by atoms with E-state index in [1.807, 2.05) is 6.92 Å². The number of aliphatic hydroxyl groups excluding tert-OH is 5. The molecule has 0 aliphatic heterocycles. The number of rotatable bonds is 10. The van der Waals surface area contributed by atoms with Crippen molar-refractivity contribution in [3.05, 3.63) is 0 Å². The van der Waals surface area contributed by atoms with Gasteiger partial charge in [0.15, 0.2) is 0 Å². The molecule has 0 aromatic carbocycles. The molecule has 0 saturated carbocycles. The Labute approximate surface area is 111 Å². The molecule has 0 aliphatic rings. The minimum Gasteiger partial charge on any atom is -0.480 e. The van der Waals surface area contributed by atoms with Gasteiger partial charge in [0, 0.05) is 6.54 Å². The summed E-state index contributed by atoms with van der Waals surface area (Å²) in [6.45, 7) is 1.04. The molecule has 0 rings (SSSR count). The number of nitrogens with zero attached hydrogens (tertiary/aromatic N) is 1. The highest BCUT2D eigenvalue weighted by Crippen LogP contribution is 2.07. The van der Waals surface area contributed by atoms with Gasteiger partial charge in [0.1, 0.15) is 18.3 Å². The maximum absolute atomic E-state index is 10.6. The molecule has 4 atom stereocenters. The standard InChI is InChI=1S/C11H23NO7/c1-2-3-12(5-9(16)17)4-7(14)10(18)11(19)8(15)6-13/h7-8,10-11,13-15,18-19H,2-6H2,1H3,(H,16,17)/t7-,8+,10+,11+/m1/s1. The number of hydrogen-bond acceptors (Lipinski definition) is 7. The largest absolute Gasteiger partial charge is 0.480 e. The lowest BCUT2D eigenvalue weighted by atomic mass is 10.0. The van der Waals surface area contributed by atoms with Gasteiger partial charge in [-0.25, -0.2) is 0 Å². The molecule has 0 bridgehead atoms. The first-order chi connectivity index (χ1) is 8.83. The van der Waals surface area contributed by atoms with Crippen LogP contribution in [-0.2, 0) is 4.79 Å². The van der Waals surface area contributed by atoms with E-state index >= 15 is 0 Å². The van der Waals surface area contributed by atoms with Crippen LogP contribution < -0.4 is 0 Å². The fourth-order valence-corrected chi connectivity index (χ4v) is 1.68. The predicted molar refractivity (Wildman–Crippen MR) is 65.5 cm³/mol. The maximum Gasteiger partial charge on any atom is 0.317 e. The van der Waals surface area contributed by atoms with Crippen LogP contribution in [0.25, 0.3) is 0 Å². The van der Waals surface area contributed by atoms with Gasteiger partial charge < -0.3 is 30.6 Å². The van der Waals surface area contributed by atoms with Crippen molar-refractivity contribution in [2.75, 3.05) is 26.2 Å². The Morgan fingerprint density at radius 1 is 1.11 bits per heavy atom. The van der Waals surface area contributed by atoms with Crippen molar-refractivity contribution in [2.24, 2.45) is 0 Å². The van der Waals surface area contributed by atoms with Crippen molar-refractivity contribution in [3.8, 4) is 0 Å². The zero-order chi connectivity index (χ0) is 15.0. The topological polar surface area (TPSA) is 142 Å². The summed E-state index contributed by atoms with van der Waals surface area (Å²) in [4.78, 5) is 12.0. The second-order valence-electron chi connectivity index (χ2n) is 4.43. The van der Waals surface area contributed by atoms with E-state index in [9.17, 15) is 20.1 Å². The lowest BCUT2D eigenvalue weighted by Crippen LogP contribution is -2.50. The zero-order valence-corrected chi connectivity index (χ0v) is 10.9. The normalized spacial score (nSPS) is 18.1. The zero-order valence-electron chi connectivity index (χ0n) is 10.9. The SMILES string of the molecule is CCCN(CC(=O)O)C[C@@H](O)[C@H](O)[C@@H](O)[C@@H](O)CO. The Balaban J connectivity index is 4.44. The summed E-state index contributed by atoms with van der Waals surface area (Å²) in [5.41, 5.74) is 0. The van der Waals surface area contributed by atoms with Crippen molar-refractivity contribution in [2.45, 2.75) is 37.8 Å². The quantitative estimate of drug-likeness (QED) is 0.252. The van der Waals surface area contributed by atoms with E-state index in [-0.39, 0.29) is 13.1 Å². The van der Waals surface area contributed by atoms with E-state index in [0.29, 0.717) is 13.0 Å². The molecule has 6 N–H and O–H groups in total. The van der Waals surface area contributed by atoms with Crippen molar-refractivity contribution < 1.29 is 35.4 Å². The van der Waals surface area contributed by atoms with Gasteiger partial charge >= 0.3 is 5.97 Å². The summed E-state index contributed by atoms with van der Waals surface area (Å²) in [6, 6.07) is 0. The summed E-state index contributed by atoms with van der Waals surface area (Å²) in [6.07, 6.45) is -5.70. The second-order valence-corrected chi connectivity index (χ2v) is 4.43. The van der Waals surface area contributed by atoms with Crippen molar-refractivity contribution in [1.29, 1.82) is 0 Å². The molecule has 8 nitrogen and oxygen atoms in total. The molecular formula is C11H23NO7. The molecule has 0 aliphatic carbocycles. The van der Waals surface area contributed by atoms with Gasteiger partial charge in [-0.2, -0.15) is 0 Å². The summed E-state index contributed by atoms with van der Waals surface area (Å²) in [5.74, 6) is -1.06. The fraction of sp³-hybridized carbons (Fsp3) is 0.909. The lowest BCUT2D eigenvalue weighted by Gasteiger charge is -2.29. The number of aliphatic carboxylic acids is 1. The monoisotopic (exact) mass is 281 g/mol. The van der Waals surface area contributed by atoms with Gasteiger partial charge in [-0.15, -0.1) is 0 Å². The molecule has 0 aromatic heterocycles. The maximum atomic E-state index is 10.6. The third-order valence-electron chi connectivity index (χ3n) is 2.67. The number of carbonyl (C=O) groups is 1. The average molecular weight is 281 g/mol. The summed E-state index contributed by atoms with van der Waals surface area (Å²) in [5, 5.41) is 55.2. The molecule has 19 heavy (non-hydrogen) atoms. The van der Waals surface area contributed by atoms with E-state index in [0.717, 1.165) is 0 Å². The van der Waals surface area contributed by atoms with Crippen LogP contribution in [0.1, 0.15) is 13.3 Å². The van der Waals surface area contributed by atoms with E-state index in [1.54, 1.807) is 0 Å².